The first-order valence-electron chi connectivity index (χ1n) is 5.77. The van der Waals surface area contributed by atoms with Crippen LogP contribution in [-0.2, 0) is 10.2 Å². The maximum absolute atomic E-state index is 11.7. The van der Waals surface area contributed by atoms with Gasteiger partial charge in [-0.05, 0) is 17.0 Å². The number of carbonyl (C=O) groups excluding carboxylic acids is 1. The van der Waals surface area contributed by atoms with Crippen molar-refractivity contribution in [3.05, 3.63) is 34.3 Å². The van der Waals surface area contributed by atoms with Crippen molar-refractivity contribution in [1.82, 2.24) is 0 Å². The van der Waals surface area contributed by atoms with Crippen LogP contribution in [0.15, 0.2) is 18.2 Å². The standard InChI is InChI=1S/C14H17ClO3/c1-14(2,3)10-5-4-9(8-11(10)15)12(16)6-7-13(17)18/h4-5,8H,6-7H2,1-3H3,(H,17,18). The number of ketones is 1. The number of hydrogen-bond acceptors (Lipinski definition) is 2. The Morgan fingerprint density at radius 1 is 1.22 bits per heavy atom. The maximum Gasteiger partial charge on any atom is 0.303 e. The lowest BCUT2D eigenvalue weighted by atomic mass is 9.86. The molecule has 0 unspecified atom stereocenters. The van der Waals surface area contributed by atoms with Gasteiger partial charge < -0.3 is 5.11 Å². The molecule has 0 radical (unpaired) electrons. The number of carbonyl (C=O) groups is 2. The zero-order chi connectivity index (χ0) is 13.9. The summed E-state index contributed by atoms with van der Waals surface area (Å²) >= 11 is 6.15. The molecule has 0 aromatic heterocycles. The van der Waals surface area contributed by atoms with Crippen molar-refractivity contribution in [2.75, 3.05) is 0 Å². The van der Waals surface area contributed by atoms with Gasteiger partial charge in [-0.25, -0.2) is 0 Å². The fourth-order valence-corrected chi connectivity index (χ4v) is 2.13. The normalized spacial score (nSPS) is 11.3. The first kappa shape index (κ1) is 14.7. The Morgan fingerprint density at radius 2 is 1.83 bits per heavy atom. The third-order valence-electron chi connectivity index (χ3n) is 2.67. The van der Waals surface area contributed by atoms with E-state index >= 15 is 0 Å². The maximum atomic E-state index is 11.7. The van der Waals surface area contributed by atoms with Gasteiger partial charge in [-0.3, -0.25) is 9.59 Å². The van der Waals surface area contributed by atoms with Crippen molar-refractivity contribution in [1.29, 1.82) is 0 Å². The van der Waals surface area contributed by atoms with E-state index in [0.717, 1.165) is 5.56 Å². The van der Waals surface area contributed by atoms with E-state index in [4.69, 9.17) is 16.7 Å². The third kappa shape index (κ3) is 3.84. The number of benzene rings is 1. The molecule has 0 saturated heterocycles. The summed E-state index contributed by atoms with van der Waals surface area (Å²) in [5, 5.41) is 9.08. The second-order valence-corrected chi connectivity index (χ2v) is 5.67. The molecule has 0 atom stereocenters. The van der Waals surface area contributed by atoms with Gasteiger partial charge in [-0.1, -0.05) is 44.5 Å². The van der Waals surface area contributed by atoms with Crippen LogP contribution in [0.1, 0.15) is 49.5 Å². The number of carboxylic acids is 1. The van der Waals surface area contributed by atoms with Crippen LogP contribution in [0.25, 0.3) is 0 Å². The topological polar surface area (TPSA) is 54.4 Å². The summed E-state index contributed by atoms with van der Waals surface area (Å²) in [7, 11) is 0. The average Bonchev–Trinajstić information content (AvgIpc) is 2.23. The van der Waals surface area contributed by atoms with Gasteiger partial charge in [0.05, 0.1) is 6.42 Å². The molecule has 0 saturated carbocycles. The molecule has 0 heterocycles. The molecule has 0 aliphatic rings. The van der Waals surface area contributed by atoms with Gasteiger partial charge in [0.2, 0.25) is 0 Å². The second-order valence-electron chi connectivity index (χ2n) is 5.26. The number of aliphatic carboxylic acids is 1. The van der Waals surface area contributed by atoms with Crippen LogP contribution < -0.4 is 0 Å². The summed E-state index contributed by atoms with van der Waals surface area (Å²) in [6.45, 7) is 6.13. The lowest BCUT2D eigenvalue weighted by Crippen LogP contribution is -2.12. The van der Waals surface area contributed by atoms with E-state index in [0.29, 0.717) is 10.6 Å². The second kappa shape index (κ2) is 5.53. The Bertz CT molecular complexity index is 472. The van der Waals surface area contributed by atoms with E-state index < -0.39 is 5.97 Å². The Hall–Kier alpha value is -1.35. The van der Waals surface area contributed by atoms with Crippen LogP contribution >= 0.6 is 11.6 Å². The Labute approximate surface area is 112 Å². The number of carboxylic acid groups (broad SMARTS) is 1. The smallest absolute Gasteiger partial charge is 0.303 e. The number of Topliss-reactive ketones (excluding diaryl/α,β-unsaturated/α-hetero) is 1. The van der Waals surface area contributed by atoms with Crippen molar-refractivity contribution in [3.8, 4) is 0 Å². The fraction of sp³-hybridized carbons (Fsp3) is 0.429. The molecular formula is C14H17ClO3. The highest BCUT2D eigenvalue weighted by molar-refractivity contribution is 6.31. The van der Waals surface area contributed by atoms with Crippen LogP contribution in [-0.4, -0.2) is 16.9 Å². The van der Waals surface area contributed by atoms with E-state index in [9.17, 15) is 9.59 Å². The molecule has 1 N–H and O–H groups in total. The third-order valence-corrected chi connectivity index (χ3v) is 2.98. The molecule has 1 aromatic carbocycles. The van der Waals surface area contributed by atoms with Gasteiger partial charge >= 0.3 is 5.97 Å². The van der Waals surface area contributed by atoms with E-state index in [1.165, 1.54) is 0 Å². The molecule has 0 fully saturated rings. The first-order valence-corrected chi connectivity index (χ1v) is 6.14. The molecule has 0 amide bonds. The minimum atomic E-state index is -0.972. The van der Waals surface area contributed by atoms with E-state index in [1.54, 1.807) is 12.1 Å². The minimum Gasteiger partial charge on any atom is -0.481 e. The zero-order valence-electron chi connectivity index (χ0n) is 10.8. The summed E-state index contributed by atoms with van der Waals surface area (Å²) in [6.07, 6.45) is -0.155. The van der Waals surface area contributed by atoms with Crippen molar-refractivity contribution in [2.24, 2.45) is 0 Å². The van der Waals surface area contributed by atoms with Gasteiger partial charge in [0.25, 0.3) is 0 Å². The van der Waals surface area contributed by atoms with E-state index in [1.807, 2.05) is 26.8 Å². The minimum absolute atomic E-state index is 0.000523. The molecule has 0 bridgehead atoms. The predicted molar refractivity (Wildman–Crippen MR) is 71.4 cm³/mol. The molecular weight excluding hydrogens is 252 g/mol. The highest BCUT2D eigenvalue weighted by atomic mass is 35.5. The fourth-order valence-electron chi connectivity index (χ4n) is 1.66. The molecule has 1 rings (SSSR count). The summed E-state index contributed by atoms with van der Waals surface area (Å²) in [6, 6.07) is 5.15. The monoisotopic (exact) mass is 268 g/mol. The van der Waals surface area contributed by atoms with Crippen molar-refractivity contribution < 1.29 is 14.7 Å². The van der Waals surface area contributed by atoms with Crippen molar-refractivity contribution in [3.63, 3.8) is 0 Å². The quantitative estimate of drug-likeness (QED) is 0.848. The highest BCUT2D eigenvalue weighted by Crippen LogP contribution is 2.30. The predicted octanol–water partition coefficient (Wildman–Crippen LogP) is 3.69. The van der Waals surface area contributed by atoms with Crippen LogP contribution in [0, 0.1) is 0 Å². The molecule has 18 heavy (non-hydrogen) atoms. The summed E-state index contributed by atoms with van der Waals surface area (Å²) < 4.78 is 0. The molecule has 0 spiro atoms. The van der Waals surface area contributed by atoms with Gasteiger partial charge in [0, 0.05) is 17.0 Å². The molecule has 4 heteroatoms. The largest absolute Gasteiger partial charge is 0.481 e. The Kier molecular flexibility index (Phi) is 4.52. The van der Waals surface area contributed by atoms with Gasteiger partial charge in [-0.15, -0.1) is 0 Å². The lowest BCUT2D eigenvalue weighted by molar-refractivity contribution is -0.136. The summed E-state index contributed by atoms with van der Waals surface area (Å²) in [5.41, 5.74) is 1.35. The van der Waals surface area contributed by atoms with E-state index in [2.05, 4.69) is 0 Å². The molecule has 98 valence electrons. The van der Waals surface area contributed by atoms with Crippen molar-refractivity contribution in [2.45, 2.75) is 39.0 Å². The number of rotatable bonds is 4. The molecule has 0 aliphatic heterocycles. The lowest BCUT2D eigenvalue weighted by Gasteiger charge is -2.20. The Morgan fingerprint density at radius 3 is 2.28 bits per heavy atom. The molecule has 0 aliphatic carbocycles. The van der Waals surface area contributed by atoms with Gasteiger partial charge in [-0.2, -0.15) is 0 Å². The van der Waals surface area contributed by atoms with Crippen molar-refractivity contribution >= 4 is 23.4 Å². The van der Waals surface area contributed by atoms with Crippen LogP contribution in [0.5, 0.6) is 0 Å². The van der Waals surface area contributed by atoms with Crippen LogP contribution in [0.2, 0.25) is 5.02 Å². The molecule has 3 nitrogen and oxygen atoms in total. The van der Waals surface area contributed by atoms with E-state index in [-0.39, 0.29) is 24.0 Å². The molecule has 1 aromatic rings. The zero-order valence-corrected chi connectivity index (χ0v) is 11.5. The van der Waals surface area contributed by atoms with Crippen LogP contribution in [0.3, 0.4) is 0 Å². The number of hydrogen-bond donors (Lipinski definition) is 1. The summed E-state index contributed by atoms with van der Waals surface area (Å²) in [5.74, 6) is -1.17. The Balaban J connectivity index is 2.91. The number of halogens is 1. The highest BCUT2D eigenvalue weighted by Gasteiger charge is 2.18. The SMILES string of the molecule is CC(C)(C)c1ccc(C(=O)CCC(=O)O)cc1Cl. The van der Waals surface area contributed by atoms with Crippen LogP contribution in [0.4, 0.5) is 0 Å². The summed E-state index contributed by atoms with van der Waals surface area (Å²) in [4.78, 5) is 22.1. The van der Waals surface area contributed by atoms with Gasteiger partial charge in [0.1, 0.15) is 0 Å². The average molecular weight is 269 g/mol. The first-order chi connectivity index (χ1) is 8.21. The van der Waals surface area contributed by atoms with Gasteiger partial charge in [0.15, 0.2) is 5.78 Å².